The van der Waals surface area contributed by atoms with Crippen LogP contribution in [0.5, 0.6) is 0 Å². The van der Waals surface area contributed by atoms with Crippen LogP contribution in [0.4, 0.5) is 9.59 Å². The lowest BCUT2D eigenvalue weighted by molar-refractivity contribution is -0.142. The van der Waals surface area contributed by atoms with Gasteiger partial charge >= 0.3 is 12.1 Å². The molecule has 0 radical (unpaired) electrons. The molecule has 2 heterocycles. The summed E-state index contributed by atoms with van der Waals surface area (Å²) in [4.78, 5) is 79.9. The van der Waals surface area contributed by atoms with Crippen LogP contribution in [0.15, 0.2) is 0 Å². The van der Waals surface area contributed by atoms with Crippen molar-refractivity contribution in [2.45, 2.75) is 118 Å². The third-order valence-corrected chi connectivity index (χ3v) is 8.85. The molecular formula is C30H56N7O6P. The molecule has 2 aliphatic heterocycles. The summed E-state index contributed by atoms with van der Waals surface area (Å²) in [5.41, 5.74) is 4.15. The van der Waals surface area contributed by atoms with Crippen molar-refractivity contribution in [3.8, 4) is 0 Å². The first-order valence-electron chi connectivity index (χ1n) is 15.6. The number of ketones is 1. The van der Waals surface area contributed by atoms with Crippen LogP contribution in [0.1, 0.15) is 88.5 Å². The average molecular weight is 642 g/mol. The third kappa shape index (κ3) is 11.5. The summed E-state index contributed by atoms with van der Waals surface area (Å²) in [6.07, 6.45) is 1.76. The second kappa shape index (κ2) is 16.9. The molecule has 2 fully saturated rings. The molecule has 0 bridgehead atoms. The topological polar surface area (TPSA) is 183 Å². The maximum absolute atomic E-state index is 13.9. The van der Waals surface area contributed by atoms with Crippen molar-refractivity contribution in [1.82, 2.24) is 31.1 Å². The Morgan fingerprint density at radius 1 is 0.955 bits per heavy atom. The Bertz CT molecular complexity index is 1040. The Labute approximate surface area is 264 Å². The summed E-state index contributed by atoms with van der Waals surface area (Å²) in [5.74, 6) is -3.98. The average Bonchev–Trinajstić information content (AvgIpc) is 3.41. The molecule has 14 heteroatoms. The van der Waals surface area contributed by atoms with Crippen LogP contribution in [-0.4, -0.2) is 101 Å². The molecule has 7 amide bonds. The predicted molar refractivity (Wildman–Crippen MR) is 173 cm³/mol. The Balaban J connectivity index is 0.00000474. The maximum atomic E-state index is 13.9. The number of amides is 7. The summed E-state index contributed by atoms with van der Waals surface area (Å²) in [6, 6.07) is -2.94. The molecule has 2 saturated heterocycles. The number of likely N-dealkylation sites (tertiary alicyclic amines) is 1. The molecule has 5 atom stereocenters. The number of urea groups is 2. The van der Waals surface area contributed by atoms with Crippen LogP contribution in [0, 0.1) is 10.8 Å². The first kappa shape index (κ1) is 39.1. The molecule has 0 aromatic heterocycles. The summed E-state index contributed by atoms with van der Waals surface area (Å²) in [7, 11) is -0.0565. The first-order valence-corrected chi connectivity index (χ1v) is 16.8. The van der Waals surface area contributed by atoms with E-state index in [0.717, 1.165) is 6.42 Å². The van der Waals surface area contributed by atoms with Gasteiger partial charge in [0.25, 0.3) is 5.91 Å². The van der Waals surface area contributed by atoms with E-state index in [4.69, 9.17) is 5.73 Å². The first-order chi connectivity index (χ1) is 20.3. The highest BCUT2D eigenvalue weighted by Gasteiger charge is 2.43. The molecule has 0 spiro atoms. The molecule has 0 aromatic rings. The molecule has 6 N–H and O–H groups in total. The highest BCUT2D eigenvalue weighted by molar-refractivity contribution is 7.41. The quantitative estimate of drug-likeness (QED) is 0.170. The standard InChI is InChI=1S/C28H50N7O6P.C2H6/c1-16(2)42-23(19(36)21(29)37)33-22(38)17-11-9-14-35(17)24(39)20(28(6,7)8)32-25(40)31-18(27(3,4)5)15-34-13-10-12-30-26(34)41;1-2/h16-18,20,23,42H,9-15H2,1-8H3,(H2,29,37)(H,30,41)(H,33,38)(H2,31,32,40);1-2H3/t17-,18?,20?,23?;/m0./s1. The van der Waals surface area contributed by atoms with Gasteiger partial charge in [-0.1, -0.05) is 77.8 Å². The summed E-state index contributed by atoms with van der Waals surface area (Å²) in [6.45, 7) is 20.9. The SMILES string of the molecule is CC.CC(C)PC(NC(=O)[C@@H]1CCCN1C(=O)C(NC(=O)NC(CN1CCCNC1=O)C(C)(C)C)C(C)(C)C)C(=O)C(N)=O. The lowest BCUT2D eigenvalue weighted by Crippen LogP contribution is -2.62. The van der Waals surface area contributed by atoms with Gasteiger partial charge < -0.3 is 36.8 Å². The predicted octanol–water partition coefficient (Wildman–Crippen LogP) is 2.13. The van der Waals surface area contributed by atoms with E-state index in [2.05, 4.69) is 21.3 Å². The Hall–Kier alpha value is -2.95. The monoisotopic (exact) mass is 641 g/mol. The number of hydrogen-bond donors (Lipinski definition) is 5. The number of Topliss-reactive ketones (excluding diaryl/α,β-unsaturated/α-hetero) is 1. The number of nitrogens with zero attached hydrogens (tertiary/aromatic N) is 2. The van der Waals surface area contributed by atoms with E-state index < -0.39 is 58.9 Å². The van der Waals surface area contributed by atoms with Crippen LogP contribution in [0.3, 0.4) is 0 Å². The fourth-order valence-corrected chi connectivity index (χ4v) is 6.14. The Morgan fingerprint density at radius 2 is 1.57 bits per heavy atom. The van der Waals surface area contributed by atoms with Gasteiger partial charge in [-0.15, -0.1) is 0 Å². The third-order valence-electron chi connectivity index (χ3n) is 7.44. The van der Waals surface area contributed by atoms with Crippen molar-refractivity contribution in [3.63, 3.8) is 0 Å². The number of carbonyl (C=O) groups is 6. The highest BCUT2D eigenvalue weighted by atomic mass is 31.1. The van der Waals surface area contributed by atoms with Crippen molar-refractivity contribution in [2.75, 3.05) is 26.2 Å². The number of rotatable bonds is 11. The minimum absolute atomic E-state index is 0.0362. The van der Waals surface area contributed by atoms with Crippen LogP contribution < -0.4 is 27.0 Å². The largest absolute Gasteiger partial charge is 0.363 e. The number of nitrogens with one attached hydrogen (secondary N) is 4. The lowest BCUT2D eigenvalue weighted by atomic mass is 9.85. The summed E-state index contributed by atoms with van der Waals surface area (Å²) in [5, 5.41) is 11.3. The van der Waals surface area contributed by atoms with Gasteiger partial charge in [-0.3, -0.25) is 19.2 Å². The minimum Gasteiger partial charge on any atom is -0.363 e. The number of hydrogen-bond acceptors (Lipinski definition) is 6. The van der Waals surface area contributed by atoms with Crippen molar-refractivity contribution in [2.24, 2.45) is 16.6 Å². The summed E-state index contributed by atoms with van der Waals surface area (Å²) >= 11 is 0. The van der Waals surface area contributed by atoms with E-state index >= 15 is 0 Å². The van der Waals surface area contributed by atoms with E-state index in [1.54, 1.807) is 4.90 Å². The molecule has 44 heavy (non-hydrogen) atoms. The van der Waals surface area contributed by atoms with Crippen molar-refractivity contribution in [1.29, 1.82) is 0 Å². The van der Waals surface area contributed by atoms with Gasteiger partial charge in [0.15, 0.2) is 0 Å². The van der Waals surface area contributed by atoms with Crippen LogP contribution in [0.25, 0.3) is 0 Å². The molecule has 0 saturated carbocycles. The van der Waals surface area contributed by atoms with Crippen LogP contribution in [0.2, 0.25) is 0 Å². The number of primary amides is 1. The molecule has 252 valence electrons. The van der Waals surface area contributed by atoms with Gasteiger partial charge in [-0.2, -0.15) is 0 Å². The van der Waals surface area contributed by atoms with Gasteiger partial charge in [0.05, 0.1) is 6.04 Å². The number of carbonyl (C=O) groups excluding carboxylic acids is 6. The minimum atomic E-state index is -1.12. The fraction of sp³-hybridized carbons (Fsp3) is 0.800. The lowest BCUT2D eigenvalue weighted by Gasteiger charge is -2.39. The Morgan fingerprint density at radius 3 is 2.07 bits per heavy atom. The second-order valence-electron chi connectivity index (χ2n) is 13.5. The van der Waals surface area contributed by atoms with Gasteiger partial charge in [0, 0.05) is 26.2 Å². The summed E-state index contributed by atoms with van der Waals surface area (Å²) < 4.78 is 0. The van der Waals surface area contributed by atoms with E-state index in [1.165, 1.54) is 4.90 Å². The maximum Gasteiger partial charge on any atom is 0.317 e. The molecule has 2 aliphatic rings. The second-order valence-corrected chi connectivity index (χ2v) is 15.6. The van der Waals surface area contributed by atoms with Crippen LogP contribution in [-0.2, 0) is 19.2 Å². The molecule has 2 rings (SSSR count). The zero-order valence-electron chi connectivity index (χ0n) is 28.3. The van der Waals surface area contributed by atoms with E-state index in [0.29, 0.717) is 39.0 Å². The normalized spacial score (nSPS) is 19.4. The molecule has 13 nitrogen and oxygen atoms in total. The van der Waals surface area contributed by atoms with Crippen molar-refractivity contribution in [3.05, 3.63) is 0 Å². The van der Waals surface area contributed by atoms with Gasteiger partial charge in [-0.05, 0) is 35.8 Å². The zero-order valence-corrected chi connectivity index (χ0v) is 29.3. The van der Waals surface area contributed by atoms with Gasteiger partial charge in [-0.25, -0.2) is 9.59 Å². The molecule has 0 aliphatic carbocycles. The van der Waals surface area contributed by atoms with E-state index in [9.17, 15) is 28.8 Å². The molecule has 0 aromatic carbocycles. The van der Waals surface area contributed by atoms with E-state index in [1.807, 2.05) is 69.2 Å². The molecular weight excluding hydrogens is 585 g/mol. The zero-order chi connectivity index (χ0) is 34.0. The van der Waals surface area contributed by atoms with E-state index in [-0.39, 0.29) is 25.7 Å². The van der Waals surface area contributed by atoms with Gasteiger partial charge in [0.2, 0.25) is 17.6 Å². The van der Waals surface area contributed by atoms with Crippen molar-refractivity contribution >= 4 is 44.1 Å². The smallest absolute Gasteiger partial charge is 0.317 e. The highest BCUT2D eigenvalue weighted by Crippen LogP contribution is 2.28. The van der Waals surface area contributed by atoms with Gasteiger partial charge in [0.1, 0.15) is 17.9 Å². The fourth-order valence-electron chi connectivity index (χ4n) is 4.95. The number of nitrogens with two attached hydrogens (primary N) is 1. The van der Waals surface area contributed by atoms with Crippen molar-refractivity contribution < 1.29 is 28.8 Å². The van der Waals surface area contributed by atoms with Crippen LogP contribution >= 0.6 is 8.58 Å². The molecule has 4 unspecified atom stereocenters. The Kier molecular flexibility index (Phi) is 15.0.